The molecule has 0 N–H and O–H groups in total. The van der Waals surface area contributed by atoms with E-state index in [2.05, 4.69) is 11.8 Å². The Morgan fingerprint density at radius 3 is 2.07 bits per heavy atom. The molecule has 3 aliphatic rings. The van der Waals surface area contributed by atoms with Crippen LogP contribution in [0.25, 0.3) is 0 Å². The van der Waals surface area contributed by atoms with Gasteiger partial charge in [0.2, 0.25) is 0 Å². The summed E-state index contributed by atoms with van der Waals surface area (Å²) < 4.78 is 5.96. The molecule has 0 aromatic heterocycles. The second-order valence-electron chi connectivity index (χ2n) is 10.2. The van der Waals surface area contributed by atoms with Crippen LogP contribution in [0.5, 0.6) is 0 Å². The smallest absolute Gasteiger partial charge is 0.309 e. The van der Waals surface area contributed by atoms with Crippen molar-refractivity contribution in [1.29, 1.82) is 0 Å². The van der Waals surface area contributed by atoms with Crippen molar-refractivity contribution in [3.8, 4) is 0 Å². The fourth-order valence-electron chi connectivity index (χ4n) is 5.97. The van der Waals surface area contributed by atoms with Gasteiger partial charge < -0.3 is 9.64 Å². The molecule has 1 heterocycles. The third kappa shape index (κ3) is 7.89. The summed E-state index contributed by atoms with van der Waals surface area (Å²) in [5, 5.41) is 0. The van der Waals surface area contributed by atoms with E-state index in [9.17, 15) is 4.79 Å². The monoisotopic (exact) mass is 405 g/mol. The number of hydrogen-bond donors (Lipinski definition) is 0. The van der Waals surface area contributed by atoms with Gasteiger partial charge in [-0.05, 0) is 83.2 Å². The maximum absolute atomic E-state index is 12.7. The van der Waals surface area contributed by atoms with Crippen molar-refractivity contribution in [2.45, 2.75) is 135 Å². The highest BCUT2D eigenvalue weighted by Crippen LogP contribution is 2.34. The number of esters is 1. The summed E-state index contributed by atoms with van der Waals surface area (Å²) in [6.45, 7) is 4.86. The number of rotatable bonds is 11. The summed E-state index contributed by atoms with van der Waals surface area (Å²) >= 11 is 0. The first-order valence-corrected chi connectivity index (χ1v) is 13.2. The Morgan fingerprint density at radius 1 is 0.793 bits per heavy atom. The highest BCUT2D eigenvalue weighted by Gasteiger charge is 2.32. The molecular weight excluding hydrogens is 358 g/mol. The Morgan fingerprint density at radius 2 is 1.41 bits per heavy atom. The van der Waals surface area contributed by atoms with Crippen LogP contribution in [0.1, 0.15) is 122 Å². The van der Waals surface area contributed by atoms with Crippen LogP contribution in [0.2, 0.25) is 0 Å². The van der Waals surface area contributed by atoms with E-state index in [0.717, 1.165) is 37.6 Å². The average molecular weight is 406 g/mol. The average Bonchev–Trinajstić information content (AvgIpc) is 3.29. The summed E-state index contributed by atoms with van der Waals surface area (Å²) in [7, 11) is 0. The van der Waals surface area contributed by atoms with Crippen LogP contribution in [0.3, 0.4) is 0 Å². The van der Waals surface area contributed by atoms with Crippen LogP contribution in [0.15, 0.2) is 0 Å². The van der Waals surface area contributed by atoms with Crippen molar-refractivity contribution < 1.29 is 9.53 Å². The summed E-state index contributed by atoms with van der Waals surface area (Å²) in [6.07, 6.45) is 23.4. The Balaban J connectivity index is 1.23. The van der Waals surface area contributed by atoms with Gasteiger partial charge in [-0.15, -0.1) is 0 Å². The summed E-state index contributed by atoms with van der Waals surface area (Å²) in [5.74, 6) is 1.19. The SMILES string of the molecule is CCCCCCCCCC1CCC(C(=O)OC2CCC(N3CCCC3)CC2)CC1. The van der Waals surface area contributed by atoms with Crippen molar-refractivity contribution in [1.82, 2.24) is 4.90 Å². The predicted octanol–water partition coefficient (Wildman–Crippen LogP) is 6.88. The minimum Gasteiger partial charge on any atom is -0.462 e. The van der Waals surface area contributed by atoms with Gasteiger partial charge in [-0.1, -0.05) is 58.3 Å². The summed E-state index contributed by atoms with van der Waals surface area (Å²) in [4.78, 5) is 15.3. The summed E-state index contributed by atoms with van der Waals surface area (Å²) in [6, 6.07) is 0.759. The maximum atomic E-state index is 12.7. The second kappa shape index (κ2) is 13.0. The normalized spacial score (nSPS) is 31.1. The fourth-order valence-corrected chi connectivity index (χ4v) is 5.97. The van der Waals surface area contributed by atoms with E-state index >= 15 is 0 Å². The molecule has 2 saturated carbocycles. The Kier molecular flexibility index (Phi) is 10.3. The van der Waals surface area contributed by atoms with Crippen molar-refractivity contribution in [2.24, 2.45) is 11.8 Å². The van der Waals surface area contributed by atoms with Gasteiger partial charge in [-0.3, -0.25) is 4.79 Å². The maximum Gasteiger partial charge on any atom is 0.309 e. The zero-order chi connectivity index (χ0) is 20.3. The lowest BCUT2D eigenvalue weighted by Crippen LogP contribution is -2.38. The molecule has 3 fully saturated rings. The molecule has 1 saturated heterocycles. The Labute approximate surface area is 180 Å². The van der Waals surface area contributed by atoms with Crippen LogP contribution < -0.4 is 0 Å². The largest absolute Gasteiger partial charge is 0.462 e. The number of carbonyl (C=O) groups excluding carboxylic acids is 1. The molecule has 0 unspecified atom stereocenters. The van der Waals surface area contributed by atoms with Crippen LogP contribution in [-0.2, 0) is 9.53 Å². The van der Waals surface area contributed by atoms with E-state index in [1.807, 2.05) is 0 Å². The van der Waals surface area contributed by atoms with Gasteiger partial charge in [0, 0.05) is 6.04 Å². The molecule has 1 aliphatic heterocycles. The molecule has 3 nitrogen and oxygen atoms in total. The lowest BCUT2D eigenvalue weighted by Gasteiger charge is -2.35. The lowest BCUT2D eigenvalue weighted by molar-refractivity contribution is -0.157. The van der Waals surface area contributed by atoms with Gasteiger partial charge in [-0.25, -0.2) is 0 Å². The van der Waals surface area contributed by atoms with Crippen molar-refractivity contribution in [3.05, 3.63) is 0 Å². The molecular formula is C26H47NO2. The third-order valence-corrected chi connectivity index (χ3v) is 7.98. The molecule has 3 heteroatoms. The number of unbranched alkanes of at least 4 members (excludes halogenated alkanes) is 6. The minimum absolute atomic E-state index is 0.129. The minimum atomic E-state index is 0.129. The van der Waals surface area contributed by atoms with E-state index in [4.69, 9.17) is 4.74 Å². The molecule has 29 heavy (non-hydrogen) atoms. The molecule has 168 valence electrons. The highest BCUT2D eigenvalue weighted by molar-refractivity contribution is 5.72. The quantitative estimate of drug-likeness (QED) is 0.277. The fraction of sp³-hybridized carbons (Fsp3) is 0.962. The van der Waals surface area contributed by atoms with E-state index in [0.29, 0.717) is 0 Å². The van der Waals surface area contributed by atoms with Crippen LogP contribution in [0, 0.1) is 11.8 Å². The predicted molar refractivity (Wildman–Crippen MR) is 121 cm³/mol. The van der Waals surface area contributed by atoms with Gasteiger partial charge >= 0.3 is 5.97 Å². The Bertz CT molecular complexity index is 444. The van der Waals surface area contributed by atoms with Crippen molar-refractivity contribution in [2.75, 3.05) is 13.1 Å². The molecule has 2 aliphatic carbocycles. The number of nitrogens with zero attached hydrogens (tertiary/aromatic N) is 1. The van der Waals surface area contributed by atoms with E-state index in [-0.39, 0.29) is 18.0 Å². The Hall–Kier alpha value is -0.570. The van der Waals surface area contributed by atoms with Crippen LogP contribution >= 0.6 is 0 Å². The van der Waals surface area contributed by atoms with Crippen LogP contribution in [0.4, 0.5) is 0 Å². The van der Waals surface area contributed by atoms with Crippen LogP contribution in [-0.4, -0.2) is 36.1 Å². The first kappa shape index (κ1) is 23.1. The van der Waals surface area contributed by atoms with Gasteiger partial charge in [0.1, 0.15) is 6.10 Å². The standard InChI is InChI=1S/C26H47NO2/c1-2-3-4-5-6-7-8-11-22-12-14-23(15-13-22)26(28)29-25-18-16-24(17-19-25)27-20-9-10-21-27/h22-25H,2-21H2,1H3. The van der Waals surface area contributed by atoms with E-state index in [1.165, 1.54) is 103 Å². The molecule has 0 spiro atoms. The summed E-state index contributed by atoms with van der Waals surface area (Å²) in [5.41, 5.74) is 0. The number of hydrogen-bond acceptors (Lipinski definition) is 3. The molecule has 3 rings (SSSR count). The topological polar surface area (TPSA) is 29.5 Å². The first-order valence-electron chi connectivity index (χ1n) is 13.2. The van der Waals surface area contributed by atoms with Gasteiger partial charge in [0.15, 0.2) is 0 Å². The zero-order valence-corrected chi connectivity index (χ0v) is 19.2. The third-order valence-electron chi connectivity index (χ3n) is 7.98. The lowest BCUT2D eigenvalue weighted by atomic mass is 9.79. The molecule has 0 aromatic rings. The molecule has 0 bridgehead atoms. The van der Waals surface area contributed by atoms with E-state index < -0.39 is 0 Å². The van der Waals surface area contributed by atoms with Gasteiger partial charge in [0.05, 0.1) is 5.92 Å². The number of carbonyl (C=O) groups is 1. The molecule has 0 aromatic carbocycles. The second-order valence-corrected chi connectivity index (χ2v) is 10.2. The van der Waals surface area contributed by atoms with Crippen molar-refractivity contribution >= 4 is 5.97 Å². The van der Waals surface area contributed by atoms with Gasteiger partial charge in [-0.2, -0.15) is 0 Å². The molecule has 0 radical (unpaired) electrons. The molecule has 0 atom stereocenters. The molecule has 0 amide bonds. The van der Waals surface area contributed by atoms with Crippen molar-refractivity contribution in [3.63, 3.8) is 0 Å². The first-order chi connectivity index (χ1) is 14.3. The number of likely N-dealkylation sites (tertiary alicyclic amines) is 1. The number of ether oxygens (including phenoxy) is 1. The van der Waals surface area contributed by atoms with Gasteiger partial charge in [0.25, 0.3) is 0 Å². The van der Waals surface area contributed by atoms with E-state index in [1.54, 1.807) is 0 Å². The highest BCUT2D eigenvalue weighted by atomic mass is 16.5. The zero-order valence-electron chi connectivity index (χ0n) is 19.2.